The zero-order chi connectivity index (χ0) is 11.4. The maximum Gasteiger partial charge on any atom is 0.303 e. The molecule has 0 radical (unpaired) electrons. The predicted octanol–water partition coefficient (Wildman–Crippen LogP) is 2.71. The maximum atomic E-state index is 10.2. The third-order valence-corrected chi connectivity index (χ3v) is 2.27. The second-order valence-electron chi connectivity index (χ2n) is 3.75. The fourth-order valence-corrected chi connectivity index (χ4v) is 1.38. The normalized spacial score (nSPS) is 11.0. The summed E-state index contributed by atoms with van der Waals surface area (Å²) >= 11 is 0. The van der Waals surface area contributed by atoms with Crippen molar-refractivity contribution < 1.29 is 9.90 Å². The lowest BCUT2D eigenvalue weighted by atomic mass is 10.1. The zero-order valence-electron chi connectivity index (χ0n) is 9.45. The fraction of sp³-hybridized carbons (Fsp3) is 0.750. The highest BCUT2D eigenvalue weighted by Gasteiger charge is 1.91. The summed E-state index contributed by atoms with van der Waals surface area (Å²) < 4.78 is 0. The number of nitrogens with two attached hydrogens (primary N) is 1. The van der Waals surface area contributed by atoms with Crippen LogP contribution in [0, 0.1) is 0 Å². The van der Waals surface area contributed by atoms with Crippen molar-refractivity contribution in [3.63, 3.8) is 0 Å². The first kappa shape index (κ1) is 14.2. The summed E-state index contributed by atoms with van der Waals surface area (Å²) in [5, 5.41) is 8.39. The Morgan fingerprint density at radius 3 is 2.27 bits per heavy atom. The van der Waals surface area contributed by atoms with E-state index in [0.29, 0.717) is 6.42 Å². The Morgan fingerprint density at radius 1 is 1.00 bits per heavy atom. The molecule has 0 fully saturated rings. The molecule has 0 saturated heterocycles. The summed E-state index contributed by atoms with van der Waals surface area (Å²) in [6, 6.07) is 0. The van der Waals surface area contributed by atoms with Gasteiger partial charge in [-0.25, -0.2) is 0 Å². The van der Waals surface area contributed by atoms with Crippen molar-refractivity contribution in [1.82, 2.24) is 0 Å². The molecule has 0 amide bonds. The standard InChI is InChI=1S/C12H23NO2/c13-11-9-7-5-3-1-2-4-6-8-10-12(14)15/h4,6H,1-3,5,7-11,13H2,(H,14,15). The first-order chi connectivity index (χ1) is 7.27. The molecule has 15 heavy (non-hydrogen) atoms. The van der Waals surface area contributed by atoms with Crippen molar-refractivity contribution in [2.75, 3.05) is 6.54 Å². The SMILES string of the molecule is NCCCCCCCC=CCCC(=O)O. The van der Waals surface area contributed by atoms with Crippen molar-refractivity contribution in [3.05, 3.63) is 12.2 Å². The first-order valence-electron chi connectivity index (χ1n) is 5.84. The second kappa shape index (κ2) is 11.2. The Bertz CT molecular complexity index is 178. The summed E-state index contributed by atoms with van der Waals surface area (Å²) in [5.41, 5.74) is 5.39. The van der Waals surface area contributed by atoms with Crippen LogP contribution in [-0.4, -0.2) is 17.6 Å². The van der Waals surface area contributed by atoms with Gasteiger partial charge in [0.15, 0.2) is 0 Å². The zero-order valence-corrected chi connectivity index (χ0v) is 9.45. The van der Waals surface area contributed by atoms with E-state index < -0.39 is 5.97 Å². The van der Waals surface area contributed by atoms with Crippen LogP contribution >= 0.6 is 0 Å². The Kier molecular flexibility index (Phi) is 10.6. The van der Waals surface area contributed by atoms with Gasteiger partial charge in [0.25, 0.3) is 0 Å². The number of allylic oxidation sites excluding steroid dienone is 2. The van der Waals surface area contributed by atoms with Crippen LogP contribution in [0.25, 0.3) is 0 Å². The summed E-state index contributed by atoms with van der Waals surface area (Å²) in [5.74, 6) is -0.721. The average molecular weight is 213 g/mol. The van der Waals surface area contributed by atoms with E-state index in [-0.39, 0.29) is 6.42 Å². The van der Waals surface area contributed by atoms with E-state index in [1.165, 1.54) is 25.7 Å². The molecule has 0 atom stereocenters. The van der Waals surface area contributed by atoms with Gasteiger partial charge in [0.05, 0.1) is 0 Å². The highest BCUT2D eigenvalue weighted by Crippen LogP contribution is 2.05. The van der Waals surface area contributed by atoms with Crippen LogP contribution in [0.4, 0.5) is 0 Å². The molecule has 0 spiro atoms. The molecule has 0 aromatic carbocycles. The second-order valence-corrected chi connectivity index (χ2v) is 3.75. The lowest BCUT2D eigenvalue weighted by Gasteiger charge is -1.97. The van der Waals surface area contributed by atoms with Crippen LogP contribution in [0.3, 0.4) is 0 Å². The third-order valence-electron chi connectivity index (χ3n) is 2.27. The van der Waals surface area contributed by atoms with Crippen LogP contribution in [0.15, 0.2) is 12.2 Å². The molecule has 0 aromatic rings. The predicted molar refractivity (Wildman–Crippen MR) is 62.8 cm³/mol. The molecule has 0 aromatic heterocycles. The molecule has 0 saturated carbocycles. The van der Waals surface area contributed by atoms with Crippen molar-refractivity contribution in [2.24, 2.45) is 5.73 Å². The molecule has 3 heteroatoms. The van der Waals surface area contributed by atoms with E-state index in [4.69, 9.17) is 10.8 Å². The number of carboxylic acid groups (broad SMARTS) is 1. The smallest absolute Gasteiger partial charge is 0.303 e. The molecule has 0 unspecified atom stereocenters. The third kappa shape index (κ3) is 13.2. The van der Waals surface area contributed by atoms with Gasteiger partial charge < -0.3 is 10.8 Å². The molecule has 0 bridgehead atoms. The first-order valence-corrected chi connectivity index (χ1v) is 5.84. The summed E-state index contributed by atoms with van der Waals surface area (Å²) in [4.78, 5) is 10.2. The van der Waals surface area contributed by atoms with Crippen molar-refractivity contribution >= 4 is 5.97 Å². The molecule has 0 rings (SSSR count). The van der Waals surface area contributed by atoms with Crippen LogP contribution < -0.4 is 5.73 Å². The molecular formula is C12H23NO2. The fourth-order valence-electron chi connectivity index (χ4n) is 1.38. The summed E-state index contributed by atoms with van der Waals surface area (Å²) in [7, 11) is 0. The highest BCUT2D eigenvalue weighted by atomic mass is 16.4. The molecule has 0 aliphatic carbocycles. The van der Waals surface area contributed by atoms with Crippen molar-refractivity contribution in [3.8, 4) is 0 Å². The topological polar surface area (TPSA) is 63.3 Å². The van der Waals surface area contributed by atoms with Gasteiger partial charge in [-0.2, -0.15) is 0 Å². The van der Waals surface area contributed by atoms with Gasteiger partial charge in [-0.05, 0) is 32.2 Å². The van der Waals surface area contributed by atoms with Crippen LogP contribution in [0.5, 0.6) is 0 Å². The Morgan fingerprint density at radius 2 is 1.60 bits per heavy atom. The van der Waals surface area contributed by atoms with E-state index in [2.05, 4.69) is 6.08 Å². The van der Waals surface area contributed by atoms with Gasteiger partial charge in [0, 0.05) is 6.42 Å². The average Bonchev–Trinajstić information content (AvgIpc) is 2.20. The quantitative estimate of drug-likeness (QED) is 0.433. The number of unbranched alkanes of at least 4 members (excludes halogenated alkanes) is 5. The number of rotatable bonds is 10. The van der Waals surface area contributed by atoms with Gasteiger partial charge in [-0.15, -0.1) is 0 Å². The molecular weight excluding hydrogens is 190 g/mol. The number of carboxylic acids is 1. The van der Waals surface area contributed by atoms with E-state index in [1.54, 1.807) is 0 Å². The van der Waals surface area contributed by atoms with E-state index >= 15 is 0 Å². The largest absolute Gasteiger partial charge is 0.481 e. The highest BCUT2D eigenvalue weighted by molar-refractivity contribution is 5.66. The minimum Gasteiger partial charge on any atom is -0.481 e. The lowest BCUT2D eigenvalue weighted by molar-refractivity contribution is -0.136. The molecule has 88 valence electrons. The number of aliphatic carboxylic acids is 1. The molecule has 0 aliphatic rings. The summed E-state index contributed by atoms with van der Waals surface area (Å²) in [6.45, 7) is 0.801. The molecule has 3 nitrogen and oxygen atoms in total. The van der Waals surface area contributed by atoms with Gasteiger partial charge in [0.1, 0.15) is 0 Å². The maximum absolute atomic E-state index is 10.2. The molecule has 0 heterocycles. The van der Waals surface area contributed by atoms with Crippen LogP contribution in [0.2, 0.25) is 0 Å². The monoisotopic (exact) mass is 213 g/mol. The van der Waals surface area contributed by atoms with E-state index in [0.717, 1.165) is 19.4 Å². The minimum atomic E-state index is -0.721. The number of carbonyl (C=O) groups is 1. The van der Waals surface area contributed by atoms with Gasteiger partial charge in [-0.3, -0.25) is 4.79 Å². The lowest BCUT2D eigenvalue weighted by Crippen LogP contribution is -1.97. The van der Waals surface area contributed by atoms with Crippen molar-refractivity contribution in [2.45, 2.75) is 51.4 Å². The van der Waals surface area contributed by atoms with Gasteiger partial charge >= 0.3 is 5.97 Å². The van der Waals surface area contributed by atoms with Crippen LogP contribution in [0.1, 0.15) is 51.4 Å². The van der Waals surface area contributed by atoms with Gasteiger partial charge in [-0.1, -0.05) is 31.4 Å². The number of hydrogen-bond acceptors (Lipinski definition) is 2. The van der Waals surface area contributed by atoms with Gasteiger partial charge in [0.2, 0.25) is 0 Å². The number of hydrogen-bond donors (Lipinski definition) is 2. The Labute approximate surface area is 92.4 Å². The Balaban J connectivity index is 3.06. The van der Waals surface area contributed by atoms with E-state index in [9.17, 15) is 4.79 Å². The Hall–Kier alpha value is -0.830. The van der Waals surface area contributed by atoms with Crippen molar-refractivity contribution in [1.29, 1.82) is 0 Å². The molecule has 0 aliphatic heterocycles. The summed E-state index contributed by atoms with van der Waals surface area (Å²) in [6.07, 6.45) is 12.1. The van der Waals surface area contributed by atoms with E-state index in [1.807, 2.05) is 6.08 Å². The van der Waals surface area contributed by atoms with Crippen LogP contribution in [-0.2, 0) is 4.79 Å². The minimum absolute atomic E-state index is 0.243. The molecule has 3 N–H and O–H groups in total.